The van der Waals surface area contributed by atoms with Gasteiger partial charge in [0.15, 0.2) is 6.10 Å². The fraction of sp³-hybridized carbons (Fsp3) is 0.381. The van der Waals surface area contributed by atoms with Gasteiger partial charge in [0, 0.05) is 31.2 Å². The zero-order valence-electron chi connectivity index (χ0n) is 16.0. The summed E-state index contributed by atoms with van der Waals surface area (Å²) in [5.74, 6) is 1.28. The number of para-hydroxylation sites is 2. The van der Waals surface area contributed by atoms with Crippen molar-refractivity contribution in [1.82, 2.24) is 4.90 Å². The van der Waals surface area contributed by atoms with Crippen LogP contribution in [-0.2, 0) is 4.79 Å². The molecule has 5 nitrogen and oxygen atoms in total. The van der Waals surface area contributed by atoms with Crippen LogP contribution in [-0.4, -0.2) is 49.7 Å². The van der Waals surface area contributed by atoms with Crippen molar-refractivity contribution in [2.45, 2.75) is 20.0 Å². The summed E-state index contributed by atoms with van der Waals surface area (Å²) in [5, 5.41) is 0.921. The minimum atomic E-state index is -0.624. The van der Waals surface area contributed by atoms with E-state index in [1.807, 2.05) is 30.0 Å². The number of carbonyl (C=O) groups is 1. The number of halogens is 2. The van der Waals surface area contributed by atoms with Gasteiger partial charge in [0.05, 0.1) is 17.3 Å². The topological polar surface area (TPSA) is 42.0 Å². The lowest BCUT2D eigenvalue weighted by molar-refractivity contribution is -0.138. The third kappa shape index (κ3) is 4.83. The van der Waals surface area contributed by atoms with Gasteiger partial charge >= 0.3 is 0 Å². The van der Waals surface area contributed by atoms with Crippen molar-refractivity contribution in [3.63, 3.8) is 0 Å². The minimum Gasteiger partial charge on any atom is -0.492 e. The number of amides is 1. The van der Waals surface area contributed by atoms with E-state index in [1.165, 1.54) is 0 Å². The van der Waals surface area contributed by atoms with Gasteiger partial charge in [0.1, 0.15) is 11.5 Å². The molecule has 0 spiro atoms. The molecule has 0 bridgehead atoms. The van der Waals surface area contributed by atoms with Gasteiger partial charge < -0.3 is 19.3 Å². The Bertz CT molecular complexity index is 823. The van der Waals surface area contributed by atoms with Crippen molar-refractivity contribution in [1.29, 1.82) is 0 Å². The standard InChI is InChI=1S/C21H24Cl2N2O3/c1-3-27-20-7-5-4-6-18(20)24-10-12-25(13-11-24)21(26)15(2)28-19-9-8-16(22)14-17(19)23/h4-9,14-15H,3,10-13H2,1-2H3. The molecule has 7 heteroatoms. The maximum atomic E-state index is 12.8. The maximum Gasteiger partial charge on any atom is 0.263 e. The van der Waals surface area contributed by atoms with Crippen molar-refractivity contribution in [2.24, 2.45) is 0 Å². The summed E-state index contributed by atoms with van der Waals surface area (Å²) in [6, 6.07) is 13.0. The quantitative estimate of drug-likeness (QED) is 0.686. The normalized spacial score (nSPS) is 15.3. The molecule has 0 radical (unpaired) electrons. The van der Waals surface area contributed by atoms with Crippen LogP contribution in [0.2, 0.25) is 10.0 Å². The summed E-state index contributed by atoms with van der Waals surface area (Å²) >= 11 is 12.0. The Hall–Kier alpha value is -2.11. The van der Waals surface area contributed by atoms with Gasteiger partial charge in [-0.2, -0.15) is 0 Å². The van der Waals surface area contributed by atoms with Crippen molar-refractivity contribution in [3.8, 4) is 11.5 Å². The minimum absolute atomic E-state index is 0.0521. The molecule has 1 amide bonds. The van der Waals surface area contributed by atoms with Crippen LogP contribution >= 0.6 is 23.2 Å². The molecule has 1 saturated heterocycles. The summed E-state index contributed by atoms with van der Waals surface area (Å²) in [7, 11) is 0. The Kier molecular flexibility index (Phi) is 6.92. The SMILES string of the molecule is CCOc1ccccc1N1CCN(C(=O)C(C)Oc2ccc(Cl)cc2Cl)CC1. The molecule has 2 aromatic rings. The smallest absolute Gasteiger partial charge is 0.263 e. The van der Waals surface area contributed by atoms with Crippen LogP contribution in [0.4, 0.5) is 5.69 Å². The van der Waals surface area contributed by atoms with E-state index >= 15 is 0 Å². The second-order valence-corrected chi connectivity index (χ2v) is 7.39. The first kappa shape index (κ1) is 20.6. The molecule has 1 atom stereocenters. The van der Waals surface area contributed by atoms with Crippen molar-refractivity contribution < 1.29 is 14.3 Å². The molecule has 0 saturated carbocycles. The van der Waals surface area contributed by atoms with E-state index in [-0.39, 0.29) is 5.91 Å². The zero-order valence-corrected chi connectivity index (χ0v) is 17.5. The average molecular weight is 423 g/mol. The number of ether oxygens (including phenoxy) is 2. The highest BCUT2D eigenvalue weighted by molar-refractivity contribution is 6.35. The Morgan fingerprint density at radius 3 is 2.46 bits per heavy atom. The Balaban J connectivity index is 1.59. The molecule has 1 aliphatic rings. The van der Waals surface area contributed by atoms with E-state index in [2.05, 4.69) is 11.0 Å². The number of hydrogen-bond acceptors (Lipinski definition) is 4. The molecule has 3 rings (SSSR count). The monoisotopic (exact) mass is 422 g/mol. The van der Waals surface area contributed by atoms with Gasteiger partial charge in [0.2, 0.25) is 0 Å². The lowest BCUT2D eigenvalue weighted by Gasteiger charge is -2.37. The molecular weight excluding hydrogens is 399 g/mol. The molecular formula is C21H24Cl2N2O3. The first-order chi connectivity index (χ1) is 13.5. The molecule has 1 fully saturated rings. The number of benzene rings is 2. The Morgan fingerprint density at radius 1 is 1.07 bits per heavy atom. The number of hydrogen-bond donors (Lipinski definition) is 0. The summed E-state index contributed by atoms with van der Waals surface area (Å²) in [4.78, 5) is 16.9. The third-order valence-corrected chi connectivity index (χ3v) is 5.17. The molecule has 28 heavy (non-hydrogen) atoms. The molecule has 1 aliphatic heterocycles. The fourth-order valence-corrected chi connectivity index (χ4v) is 3.69. The molecule has 150 valence electrons. The van der Waals surface area contributed by atoms with E-state index in [1.54, 1.807) is 25.1 Å². The lowest BCUT2D eigenvalue weighted by atomic mass is 10.2. The van der Waals surface area contributed by atoms with Crippen LogP contribution in [0.3, 0.4) is 0 Å². The first-order valence-corrected chi connectivity index (χ1v) is 10.1. The number of carbonyl (C=O) groups excluding carboxylic acids is 1. The molecule has 0 aromatic heterocycles. The largest absolute Gasteiger partial charge is 0.492 e. The van der Waals surface area contributed by atoms with Gasteiger partial charge in [-0.25, -0.2) is 0 Å². The van der Waals surface area contributed by atoms with Gasteiger partial charge in [-0.05, 0) is 44.2 Å². The van der Waals surface area contributed by atoms with Crippen LogP contribution < -0.4 is 14.4 Å². The molecule has 2 aromatic carbocycles. The van der Waals surface area contributed by atoms with E-state index in [4.69, 9.17) is 32.7 Å². The lowest BCUT2D eigenvalue weighted by Crippen LogP contribution is -2.52. The predicted octanol–water partition coefficient (Wildman–Crippen LogP) is 4.51. The van der Waals surface area contributed by atoms with Gasteiger partial charge in [-0.15, -0.1) is 0 Å². The van der Waals surface area contributed by atoms with E-state index < -0.39 is 6.10 Å². The number of nitrogens with zero attached hydrogens (tertiary/aromatic N) is 2. The second-order valence-electron chi connectivity index (χ2n) is 6.55. The molecule has 1 heterocycles. The number of piperazine rings is 1. The Labute approximate surface area is 175 Å². The highest BCUT2D eigenvalue weighted by Crippen LogP contribution is 2.30. The fourth-order valence-electron chi connectivity index (χ4n) is 3.23. The van der Waals surface area contributed by atoms with Crippen molar-refractivity contribution in [3.05, 3.63) is 52.5 Å². The molecule has 1 unspecified atom stereocenters. The van der Waals surface area contributed by atoms with Crippen LogP contribution in [0, 0.1) is 0 Å². The van der Waals surface area contributed by atoms with Gasteiger partial charge in [0.25, 0.3) is 5.91 Å². The predicted molar refractivity (Wildman–Crippen MR) is 113 cm³/mol. The highest BCUT2D eigenvalue weighted by Gasteiger charge is 2.27. The van der Waals surface area contributed by atoms with Crippen LogP contribution in [0.5, 0.6) is 11.5 Å². The van der Waals surface area contributed by atoms with Crippen LogP contribution in [0.15, 0.2) is 42.5 Å². The molecule has 0 N–H and O–H groups in total. The summed E-state index contributed by atoms with van der Waals surface area (Å²) < 4.78 is 11.5. The molecule has 0 aliphatic carbocycles. The number of anilines is 1. The first-order valence-electron chi connectivity index (χ1n) is 9.37. The van der Waals surface area contributed by atoms with Crippen LogP contribution in [0.25, 0.3) is 0 Å². The average Bonchev–Trinajstić information content (AvgIpc) is 2.70. The van der Waals surface area contributed by atoms with Gasteiger partial charge in [-0.1, -0.05) is 35.3 Å². The maximum absolute atomic E-state index is 12.8. The summed E-state index contributed by atoms with van der Waals surface area (Å²) in [6.45, 7) is 7.07. The second kappa shape index (κ2) is 9.39. The van der Waals surface area contributed by atoms with E-state index in [0.717, 1.165) is 24.5 Å². The van der Waals surface area contributed by atoms with E-state index in [0.29, 0.717) is 35.5 Å². The zero-order chi connectivity index (χ0) is 20.1. The van der Waals surface area contributed by atoms with Gasteiger partial charge in [-0.3, -0.25) is 4.79 Å². The summed E-state index contributed by atoms with van der Waals surface area (Å²) in [6.07, 6.45) is -0.624. The summed E-state index contributed by atoms with van der Waals surface area (Å²) in [5.41, 5.74) is 1.06. The highest BCUT2D eigenvalue weighted by atomic mass is 35.5. The van der Waals surface area contributed by atoms with E-state index in [9.17, 15) is 4.79 Å². The Morgan fingerprint density at radius 2 is 1.79 bits per heavy atom. The number of rotatable bonds is 6. The van der Waals surface area contributed by atoms with Crippen molar-refractivity contribution in [2.75, 3.05) is 37.7 Å². The van der Waals surface area contributed by atoms with Crippen molar-refractivity contribution >= 4 is 34.8 Å². The third-order valence-electron chi connectivity index (χ3n) is 4.64. The van der Waals surface area contributed by atoms with Crippen LogP contribution in [0.1, 0.15) is 13.8 Å².